The normalized spacial score (nSPS) is 11.3. The topological polar surface area (TPSA) is 17.8 Å². The van der Waals surface area contributed by atoms with Crippen LogP contribution in [0.4, 0.5) is 13.2 Å². The standard InChI is InChI=1S/C15H10ClF3N2/c1-8-4-11(19)13(6-10(8)18)21-14-5-9(17)2-3-12(14)20-15(21)7-16/h2-6H,7H2,1H3. The molecule has 3 aromatic rings. The van der Waals surface area contributed by atoms with E-state index in [9.17, 15) is 13.2 Å². The van der Waals surface area contributed by atoms with Crippen LogP contribution in [0.2, 0.25) is 0 Å². The van der Waals surface area contributed by atoms with Crippen LogP contribution in [0, 0.1) is 24.4 Å². The van der Waals surface area contributed by atoms with Crippen molar-refractivity contribution in [2.75, 3.05) is 0 Å². The number of alkyl halides is 1. The zero-order chi connectivity index (χ0) is 15.1. The third kappa shape index (κ3) is 2.27. The van der Waals surface area contributed by atoms with Crippen LogP contribution in [0.3, 0.4) is 0 Å². The van der Waals surface area contributed by atoms with Crippen molar-refractivity contribution in [1.29, 1.82) is 0 Å². The molecule has 0 amide bonds. The molecule has 108 valence electrons. The van der Waals surface area contributed by atoms with Crippen molar-refractivity contribution in [2.45, 2.75) is 12.8 Å². The van der Waals surface area contributed by atoms with Crippen LogP contribution in [-0.4, -0.2) is 9.55 Å². The van der Waals surface area contributed by atoms with E-state index < -0.39 is 17.5 Å². The highest BCUT2D eigenvalue weighted by Crippen LogP contribution is 2.26. The zero-order valence-electron chi connectivity index (χ0n) is 11.0. The van der Waals surface area contributed by atoms with E-state index in [1.165, 1.54) is 29.7 Å². The first-order chi connectivity index (χ1) is 10.0. The fourth-order valence-electron chi connectivity index (χ4n) is 2.26. The molecule has 0 saturated carbocycles. The Morgan fingerprint density at radius 3 is 2.57 bits per heavy atom. The summed E-state index contributed by atoms with van der Waals surface area (Å²) in [7, 11) is 0. The lowest BCUT2D eigenvalue weighted by atomic mass is 10.2. The molecule has 21 heavy (non-hydrogen) atoms. The number of fused-ring (bicyclic) bond motifs is 1. The van der Waals surface area contributed by atoms with E-state index in [1.54, 1.807) is 0 Å². The van der Waals surface area contributed by atoms with Gasteiger partial charge in [-0.15, -0.1) is 11.6 Å². The van der Waals surface area contributed by atoms with Gasteiger partial charge in [0.25, 0.3) is 0 Å². The Hall–Kier alpha value is -2.01. The van der Waals surface area contributed by atoms with E-state index in [2.05, 4.69) is 4.98 Å². The van der Waals surface area contributed by atoms with E-state index in [4.69, 9.17) is 11.6 Å². The van der Waals surface area contributed by atoms with Gasteiger partial charge < -0.3 is 0 Å². The number of imidazole rings is 1. The molecule has 0 saturated heterocycles. The van der Waals surface area contributed by atoms with Crippen LogP contribution in [0.15, 0.2) is 30.3 Å². The van der Waals surface area contributed by atoms with Gasteiger partial charge in [-0.3, -0.25) is 4.57 Å². The Morgan fingerprint density at radius 2 is 1.86 bits per heavy atom. The summed E-state index contributed by atoms with van der Waals surface area (Å²) >= 11 is 5.82. The molecule has 0 aliphatic carbocycles. The van der Waals surface area contributed by atoms with Crippen LogP contribution >= 0.6 is 11.6 Å². The molecule has 0 unspecified atom stereocenters. The molecule has 0 aliphatic rings. The van der Waals surface area contributed by atoms with Crippen molar-refractivity contribution in [3.63, 3.8) is 0 Å². The summed E-state index contributed by atoms with van der Waals surface area (Å²) in [5.74, 6) is -1.35. The molecule has 3 rings (SSSR count). The van der Waals surface area contributed by atoms with Crippen LogP contribution < -0.4 is 0 Å². The van der Waals surface area contributed by atoms with Crippen molar-refractivity contribution >= 4 is 22.6 Å². The van der Waals surface area contributed by atoms with Gasteiger partial charge in [0, 0.05) is 12.1 Å². The summed E-state index contributed by atoms with van der Waals surface area (Å²) < 4.78 is 42.7. The van der Waals surface area contributed by atoms with Gasteiger partial charge in [0.05, 0.1) is 22.6 Å². The molecule has 0 atom stereocenters. The number of nitrogens with zero attached hydrogens (tertiary/aromatic N) is 2. The number of aromatic nitrogens is 2. The van der Waals surface area contributed by atoms with Gasteiger partial charge >= 0.3 is 0 Å². The molecule has 1 aromatic heterocycles. The molecule has 0 fully saturated rings. The maximum absolute atomic E-state index is 14.2. The quantitative estimate of drug-likeness (QED) is 0.638. The van der Waals surface area contributed by atoms with Crippen LogP contribution in [0.25, 0.3) is 16.7 Å². The van der Waals surface area contributed by atoms with Crippen molar-refractivity contribution in [1.82, 2.24) is 9.55 Å². The summed E-state index contributed by atoms with van der Waals surface area (Å²) in [5, 5.41) is 0. The maximum atomic E-state index is 14.2. The Morgan fingerprint density at radius 1 is 1.10 bits per heavy atom. The molecule has 0 aliphatic heterocycles. The van der Waals surface area contributed by atoms with Crippen molar-refractivity contribution in [3.05, 3.63) is 59.2 Å². The summed E-state index contributed by atoms with van der Waals surface area (Å²) in [6, 6.07) is 6.10. The minimum absolute atomic E-state index is 0.00870. The van der Waals surface area contributed by atoms with Gasteiger partial charge in [0.15, 0.2) is 0 Å². The maximum Gasteiger partial charge on any atom is 0.147 e. The summed E-state index contributed by atoms with van der Waals surface area (Å²) in [5.41, 5.74) is 0.960. The van der Waals surface area contributed by atoms with E-state index in [1.807, 2.05) is 0 Å². The Balaban J connectivity index is 2.38. The number of aryl methyl sites for hydroxylation is 1. The van der Waals surface area contributed by atoms with E-state index in [0.717, 1.165) is 12.1 Å². The van der Waals surface area contributed by atoms with Gasteiger partial charge in [-0.25, -0.2) is 18.2 Å². The second-order valence-corrected chi connectivity index (χ2v) is 4.95. The minimum Gasteiger partial charge on any atom is -0.292 e. The second kappa shape index (κ2) is 5.07. The Bertz CT molecular complexity index is 843. The van der Waals surface area contributed by atoms with Gasteiger partial charge in [-0.1, -0.05) is 0 Å². The fraction of sp³-hybridized carbons (Fsp3) is 0.133. The summed E-state index contributed by atoms with van der Waals surface area (Å²) in [6.45, 7) is 1.47. The van der Waals surface area contributed by atoms with Gasteiger partial charge in [0.2, 0.25) is 0 Å². The molecular weight excluding hydrogens is 301 g/mol. The molecule has 0 N–H and O–H groups in total. The first kappa shape index (κ1) is 13.9. The highest BCUT2D eigenvalue weighted by molar-refractivity contribution is 6.17. The highest BCUT2D eigenvalue weighted by atomic mass is 35.5. The Kier molecular flexibility index (Phi) is 3.37. The predicted molar refractivity (Wildman–Crippen MR) is 75.2 cm³/mol. The predicted octanol–water partition coefficient (Wildman–Crippen LogP) is 4.49. The number of benzene rings is 2. The average molecular weight is 311 g/mol. The highest BCUT2D eigenvalue weighted by Gasteiger charge is 2.17. The van der Waals surface area contributed by atoms with Crippen LogP contribution in [0.5, 0.6) is 0 Å². The Labute approximate surface area is 123 Å². The van der Waals surface area contributed by atoms with Crippen LogP contribution in [-0.2, 0) is 5.88 Å². The minimum atomic E-state index is -0.621. The van der Waals surface area contributed by atoms with E-state index >= 15 is 0 Å². The van der Waals surface area contributed by atoms with Gasteiger partial charge in [0.1, 0.15) is 23.3 Å². The zero-order valence-corrected chi connectivity index (χ0v) is 11.8. The van der Waals surface area contributed by atoms with Crippen molar-refractivity contribution in [2.24, 2.45) is 0 Å². The van der Waals surface area contributed by atoms with Crippen molar-refractivity contribution < 1.29 is 13.2 Å². The number of hydrogen-bond acceptors (Lipinski definition) is 1. The first-order valence-corrected chi connectivity index (χ1v) is 6.73. The number of hydrogen-bond donors (Lipinski definition) is 0. The lowest BCUT2D eigenvalue weighted by Crippen LogP contribution is -2.04. The molecule has 2 nitrogen and oxygen atoms in total. The fourth-order valence-corrected chi connectivity index (χ4v) is 2.44. The number of halogens is 4. The van der Waals surface area contributed by atoms with E-state index in [-0.39, 0.29) is 17.1 Å². The second-order valence-electron chi connectivity index (χ2n) is 4.68. The monoisotopic (exact) mass is 310 g/mol. The van der Waals surface area contributed by atoms with Gasteiger partial charge in [-0.2, -0.15) is 0 Å². The average Bonchev–Trinajstić information content (AvgIpc) is 2.80. The molecule has 6 heteroatoms. The molecule has 0 bridgehead atoms. The van der Waals surface area contributed by atoms with E-state index in [0.29, 0.717) is 16.9 Å². The first-order valence-electron chi connectivity index (χ1n) is 6.20. The lowest BCUT2D eigenvalue weighted by molar-refractivity contribution is 0.585. The number of rotatable bonds is 2. The SMILES string of the molecule is Cc1cc(F)c(-n2c(CCl)nc3ccc(F)cc32)cc1F. The smallest absolute Gasteiger partial charge is 0.147 e. The summed E-state index contributed by atoms with van der Waals surface area (Å²) in [4.78, 5) is 4.22. The summed E-state index contributed by atoms with van der Waals surface area (Å²) in [6.07, 6.45) is 0. The molecule has 1 heterocycles. The molecule has 0 radical (unpaired) electrons. The molecular formula is C15H10ClF3N2. The molecule has 2 aromatic carbocycles. The largest absolute Gasteiger partial charge is 0.292 e. The third-order valence-electron chi connectivity index (χ3n) is 3.27. The molecule has 0 spiro atoms. The van der Waals surface area contributed by atoms with Crippen molar-refractivity contribution in [3.8, 4) is 5.69 Å². The third-order valence-corrected chi connectivity index (χ3v) is 3.51. The van der Waals surface area contributed by atoms with Gasteiger partial charge in [-0.05, 0) is 30.7 Å². The van der Waals surface area contributed by atoms with Crippen LogP contribution in [0.1, 0.15) is 11.4 Å². The lowest BCUT2D eigenvalue weighted by Gasteiger charge is -2.10.